The van der Waals surface area contributed by atoms with Crippen LogP contribution in [0.1, 0.15) is 24.0 Å². The number of amides is 1. The molecule has 0 atom stereocenters. The third-order valence-electron chi connectivity index (χ3n) is 3.85. The van der Waals surface area contributed by atoms with E-state index in [2.05, 4.69) is 5.32 Å². The van der Waals surface area contributed by atoms with E-state index in [4.69, 9.17) is 4.74 Å². The van der Waals surface area contributed by atoms with Crippen LogP contribution in [0.2, 0.25) is 0 Å². The predicted octanol–water partition coefficient (Wildman–Crippen LogP) is 3.91. The minimum absolute atomic E-state index is 0.0678. The molecule has 144 valence electrons. The van der Waals surface area contributed by atoms with Crippen molar-refractivity contribution in [2.24, 2.45) is 0 Å². The van der Waals surface area contributed by atoms with Crippen molar-refractivity contribution in [2.75, 3.05) is 18.9 Å². The van der Waals surface area contributed by atoms with Gasteiger partial charge in [0.1, 0.15) is 12.4 Å². The molecule has 0 aliphatic rings. The van der Waals surface area contributed by atoms with Gasteiger partial charge in [0.15, 0.2) is 0 Å². The lowest BCUT2D eigenvalue weighted by atomic mass is 10.1. The number of aryl methyl sites for hydroxylation is 2. The molecule has 4 nitrogen and oxygen atoms in total. The predicted molar refractivity (Wildman–Crippen MR) is 105 cm³/mol. The van der Waals surface area contributed by atoms with Gasteiger partial charge >= 0.3 is 5.97 Å². The Balaban J connectivity index is 1.52. The van der Waals surface area contributed by atoms with E-state index in [0.717, 1.165) is 5.56 Å². The number of ether oxygens (including phenoxy) is 1. The molecular formula is C21H24FNO3S. The Kier molecular flexibility index (Phi) is 8.84. The summed E-state index contributed by atoms with van der Waals surface area (Å²) in [5.41, 5.74) is 2.31. The van der Waals surface area contributed by atoms with Crippen LogP contribution in [0.25, 0.3) is 0 Å². The monoisotopic (exact) mass is 389 g/mol. The molecule has 6 heteroatoms. The van der Waals surface area contributed by atoms with E-state index in [0.29, 0.717) is 30.0 Å². The third-order valence-corrected chi connectivity index (χ3v) is 4.90. The molecule has 2 rings (SSSR count). The first kappa shape index (κ1) is 21.0. The van der Waals surface area contributed by atoms with Gasteiger partial charge in [0.25, 0.3) is 0 Å². The second-order valence-electron chi connectivity index (χ2n) is 6.08. The Morgan fingerprint density at radius 2 is 1.81 bits per heavy atom. The number of benzene rings is 2. The van der Waals surface area contributed by atoms with E-state index in [1.165, 1.54) is 23.4 Å². The number of carbonyl (C=O) groups is 2. The fourth-order valence-electron chi connectivity index (χ4n) is 2.33. The van der Waals surface area contributed by atoms with Crippen molar-refractivity contribution < 1.29 is 18.7 Å². The van der Waals surface area contributed by atoms with Crippen LogP contribution in [0.3, 0.4) is 0 Å². The van der Waals surface area contributed by atoms with Crippen molar-refractivity contribution in [1.29, 1.82) is 0 Å². The zero-order chi connectivity index (χ0) is 19.5. The normalized spacial score (nSPS) is 10.4. The number of thioether (sulfide) groups is 1. The van der Waals surface area contributed by atoms with Crippen molar-refractivity contribution in [3.63, 3.8) is 0 Å². The molecule has 0 fully saturated rings. The highest BCUT2D eigenvalue weighted by molar-refractivity contribution is 7.99. The quantitative estimate of drug-likeness (QED) is 0.380. The molecule has 0 aromatic heterocycles. The van der Waals surface area contributed by atoms with Gasteiger partial charge in [0.05, 0.1) is 13.0 Å². The summed E-state index contributed by atoms with van der Waals surface area (Å²) in [7, 11) is 0. The summed E-state index contributed by atoms with van der Waals surface area (Å²) in [5.74, 6) is -0.262. The number of halogens is 1. The highest BCUT2D eigenvalue weighted by Crippen LogP contribution is 2.21. The van der Waals surface area contributed by atoms with Crippen LogP contribution in [0.15, 0.2) is 53.4 Å². The van der Waals surface area contributed by atoms with Gasteiger partial charge in [0.2, 0.25) is 5.91 Å². The van der Waals surface area contributed by atoms with E-state index in [9.17, 15) is 14.0 Å². The summed E-state index contributed by atoms with van der Waals surface area (Å²) < 4.78 is 18.5. The Labute approximate surface area is 163 Å². The zero-order valence-corrected chi connectivity index (χ0v) is 16.2. The Bertz CT molecular complexity index is 749. The molecule has 0 radical (unpaired) electrons. The topological polar surface area (TPSA) is 55.4 Å². The van der Waals surface area contributed by atoms with E-state index in [-0.39, 0.29) is 30.7 Å². The molecule has 27 heavy (non-hydrogen) atoms. The third kappa shape index (κ3) is 8.26. The summed E-state index contributed by atoms with van der Waals surface area (Å²) in [6.07, 6.45) is 1.27. The smallest absolute Gasteiger partial charge is 0.306 e. The van der Waals surface area contributed by atoms with Crippen molar-refractivity contribution in [2.45, 2.75) is 31.1 Å². The minimum Gasteiger partial charge on any atom is -0.464 e. The molecule has 2 aromatic carbocycles. The number of esters is 1. The maximum Gasteiger partial charge on any atom is 0.306 e. The van der Waals surface area contributed by atoms with Gasteiger partial charge < -0.3 is 10.1 Å². The molecule has 0 heterocycles. The van der Waals surface area contributed by atoms with Crippen LogP contribution in [0.5, 0.6) is 0 Å². The maximum atomic E-state index is 13.4. The Hall–Kier alpha value is -2.34. The lowest BCUT2D eigenvalue weighted by Gasteiger charge is -2.07. The van der Waals surface area contributed by atoms with Crippen molar-refractivity contribution in [1.82, 2.24) is 5.32 Å². The second-order valence-corrected chi connectivity index (χ2v) is 7.22. The average molecular weight is 389 g/mol. The SMILES string of the molecule is Cc1ccc(CCC(=O)NCCOC(=O)CCSc2ccccc2F)cc1. The fourth-order valence-corrected chi connectivity index (χ4v) is 3.20. The van der Waals surface area contributed by atoms with E-state index >= 15 is 0 Å². The highest BCUT2D eigenvalue weighted by atomic mass is 32.2. The Morgan fingerprint density at radius 3 is 2.56 bits per heavy atom. The number of hydrogen-bond acceptors (Lipinski definition) is 4. The first-order valence-corrected chi connectivity index (χ1v) is 9.88. The van der Waals surface area contributed by atoms with Crippen LogP contribution in [-0.4, -0.2) is 30.8 Å². The molecule has 0 bridgehead atoms. The average Bonchev–Trinajstić information content (AvgIpc) is 2.66. The Morgan fingerprint density at radius 1 is 1.07 bits per heavy atom. The van der Waals surface area contributed by atoms with Gasteiger partial charge in [-0.3, -0.25) is 9.59 Å². The minimum atomic E-state index is -0.354. The van der Waals surface area contributed by atoms with Gasteiger partial charge in [-0.15, -0.1) is 11.8 Å². The first-order valence-electron chi connectivity index (χ1n) is 8.90. The number of hydrogen-bond donors (Lipinski definition) is 1. The van der Waals surface area contributed by atoms with Gasteiger partial charge in [-0.2, -0.15) is 0 Å². The molecule has 0 spiro atoms. The molecular weight excluding hydrogens is 365 g/mol. The molecule has 0 saturated heterocycles. The standard InChI is InChI=1S/C21H24FNO3S/c1-16-6-8-17(9-7-16)10-11-20(24)23-13-14-26-21(25)12-15-27-19-5-3-2-4-18(19)22/h2-9H,10-15H2,1H3,(H,23,24). The van der Waals surface area contributed by atoms with Gasteiger partial charge in [-0.05, 0) is 31.0 Å². The lowest BCUT2D eigenvalue weighted by molar-refractivity contribution is -0.143. The molecule has 0 unspecified atom stereocenters. The second kappa shape index (κ2) is 11.4. The van der Waals surface area contributed by atoms with Gasteiger partial charge in [0, 0.05) is 17.1 Å². The van der Waals surface area contributed by atoms with Crippen molar-refractivity contribution in [3.05, 3.63) is 65.5 Å². The van der Waals surface area contributed by atoms with Crippen molar-refractivity contribution in [3.8, 4) is 0 Å². The highest BCUT2D eigenvalue weighted by Gasteiger charge is 2.07. The molecule has 0 aliphatic heterocycles. The van der Waals surface area contributed by atoms with E-state index in [1.807, 2.05) is 31.2 Å². The summed E-state index contributed by atoms with van der Waals surface area (Å²) in [6, 6.07) is 14.5. The summed E-state index contributed by atoms with van der Waals surface area (Å²) >= 11 is 1.28. The van der Waals surface area contributed by atoms with Crippen LogP contribution in [0, 0.1) is 12.7 Å². The number of rotatable bonds is 10. The number of nitrogens with one attached hydrogen (secondary N) is 1. The largest absolute Gasteiger partial charge is 0.464 e. The summed E-state index contributed by atoms with van der Waals surface area (Å²) in [5, 5.41) is 2.74. The zero-order valence-electron chi connectivity index (χ0n) is 15.4. The van der Waals surface area contributed by atoms with Crippen LogP contribution in [0.4, 0.5) is 4.39 Å². The summed E-state index contributed by atoms with van der Waals surface area (Å²) in [6.45, 7) is 2.45. The maximum absolute atomic E-state index is 13.4. The lowest BCUT2D eigenvalue weighted by Crippen LogP contribution is -2.28. The van der Waals surface area contributed by atoms with E-state index in [1.54, 1.807) is 18.2 Å². The van der Waals surface area contributed by atoms with Crippen molar-refractivity contribution >= 4 is 23.6 Å². The number of carbonyl (C=O) groups excluding carboxylic acids is 2. The van der Waals surface area contributed by atoms with Crippen LogP contribution < -0.4 is 5.32 Å². The van der Waals surface area contributed by atoms with Gasteiger partial charge in [-0.1, -0.05) is 42.0 Å². The molecule has 2 aromatic rings. The molecule has 0 aliphatic carbocycles. The fraction of sp³-hybridized carbons (Fsp3) is 0.333. The summed E-state index contributed by atoms with van der Waals surface area (Å²) in [4.78, 5) is 24.0. The molecule has 1 amide bonds. The van der Waals surface area contributed by atoms with Gasteiger partial charge in [-0.25, -0.2) is 4.39 Å². The van der Waals surface area contributed by atoms with Crippen LogP contribution in [-0.2, 0) is 20.7 Å². The van der Waals surface area contributed by atoms with Crippen LogP contribution >= 0.6 is 11.8 Å². The molecule has 1 N–H and O–H groups in total. The van der Waals surface area contributed by atoms with E-state index < -0.39 is 0 Å². The molecule has 0 saturated carbocycles. The first-order chi connectivity index (χ1) is 13.0.